The van der Waals surface area contributed by atoms with Crippen LogP contribution < -0.4 is 10.7 Å². The molecule has 3 heterocycles. The van der Waals surface area contributed by atoms with E-state index in [1.807, 2.05) is 12.1 Å². The summed E-state index contributed by atoms with van der Waals surface area (Å²) in [6.45, 7) is 0. The van der Waals surface area contributed by atoms with Gasteiger partial charge in [-0.1, -0.05) is 35.5 Å². The average Bonchev–Trinajstić information content (AvgIpc) is 3.29. The van der Waals surface area contributed by atoms with Crippen LogP contribution in [0.3, 0.4) is 0 Å². The molecule has 0 aliphatic rings. The lowest BCUT2D eigenvalue weighted by molar-refractivity contribution is 0.0997. The van der Waals surface area contributed by atoms with Crippen LogP contribution in [0, 0.1) is 0 Å². The summed E-state index contributed by atoms with van der Waals surface area (Å²) in [7, 11) is 0. The van der Waals surface area contributed by atoms with Crippen molar-refractivity contribution in [3.8, 4) is 11.4 Å². The first-order chi connectivity index (χ1) is 15.7. The maximum Gasteiger partial charge on any atom is 0.291 e. The van der Waals surface area contributed by atoms with Gasteiger partial charge in [0.2, 0.25) is 11.7 Å². The second-order valence-corrected chi connectivity index (χ2v) is 7.01. The Kier molecular flexibility index (Phi) is 5.01. The van der Waals surface area contributed by atoms with Gasteiger partial charge in [-0.05, 0) is 35.9 Å². The van der Waals surface area contributed by atoms with Crippen molar-refractivity contribution in [1.29, 1.82) is 0 Å². The number of nitrogens with one attached hydrogen (secondary N) is 1. The summed E-state index contributed by atoms with van der Waals surface area (Å²) in [5.41, 5.74) is 2.20. The Hall–Kier alpha value is -4.59. The van der Waals surface area contributed by atoms with Crippen LogP contribution >= 0.6 is 0 Å². The highest BCUT2D eigenvalue weighted by molar-refractivity contribution is 6.03. The van der Waals surface area contributed by atoms with E-state index in [-0.39, 0.29) is 11.2 Å². The molecule has 8 heteroatoms. The van der Waals surface area contributed by atoms with E-state index in [0.717, 1.165) is 11.1 Å². The molecule has 0 saturated carbocycles. The van der Waals surface area contributed by atoms with Crippen LogP contribution in [0.15, 0.2) is 92.9 Å². The third kappa shape index (κ3) is 3.89. The number of nitrogens with zero attached hydrogens (tertiary/aromatic N) is 3. The highest BCUT2D eigenvalue weighted by Gasteiger charge is 2.16. The molecule has 156 valence electrons. The minimum Gasteiger partial charge on any atom is -0.451 e. The van der Waals surface area contributed by atoms with Crippen molar-refractivity contribution in [3.63, 3.8) is 0 Å². The molecule has 0 fully saturated rings. The van der Waals surface area contributed by atoms with Crippen LogP contribution in [0.25, 0.3) is 22.4 Å². The normalized spacial score (nSPS) is 10.9. The standard InChI is InChI=1S/C24H16N4O4/c29-19-14-21(31-20-8-4-2-6-17(19)20)24(30)26-18-7-3-1-5-16(18)13-22-27-23(28-32-22)15-9-11-25-12-10-15/h1-12,14H,13H2,(H,26,30). The molecule has 2 aromatic carbocycles. The Labute approximate surface area is 181 Å². The molecule has 32 heavy (non-hydrogen) atoms. The summed E-state index contributed by atoms with van der Waals surface area (Å²) in [4.78, 5) is 33.5. The van der Waals surface area contributed by atoms with Gasteiger partial charge in [0.25, 0.3) is 5.91 Å². The second kappa shape index (κ2) is 8.27. The van der Waals surface area contributed by atoms with Gasteiger partial charge in [0, 0.05) is 29.7 Å². The second-order valence-electron chi connectivity index (χ2n) is 7.01. The van der Waals surface area contributed by atoms with Gasteiger partial charge in [-0.25, -0.2) is 0 Å². The molecule has 5 aromatic rings. The van der Waals surface area contributed by atoms with E-state index in [1.165, 1.54) is 6.07 Å². The van der Waals surface area contributed by atoms with E-state index in [9.17, 15) is 9.59 Å². The Morgan fingerprint density at radius 3 is 2.62 bits per heavy atom. The van der Waals surface area contributed by atoms with Crippen molar-refractivity contribution in [1.82, 2.24) is 15.1 Å². The number of hydrogen-bond acceptors (Lipinski definition) is 7. The summed E-state index contributed by atoms with van der Waals surface area (Å²) in [5, 5.41) is 7.24. The van der Waals surface area contributed by atoms with E-state index in [2.05, 4.69) is 20.4 Å². The van der Waals surface area contributed by atoms with Crippen LogP contribution in [0.1, 0.15) is 22.0 Å². The first-order valence-electron chi connectivity index (χ1n) is 9.82. The first-order valence-corrected chi connectivity index (χ1v) is 9.82. The number of aromatic nitrogens is 3. The van der Waals surface area contributed by atoms with Gasteiger partial charge < -0.3 is 14.3 Å². The van der Waals surface area contributed by atoms with Gasteiger partial charge in [0.15, 0.2) is 11.2 Å². The van der Waals surface area contributed by atoms with Crippen LogP contribution in [-0.4, -0.2) is 21.0 Å². The Morgan fingerprint density at radius 2 is 1.75 bits per heavy atom. The van der Waals surface area contributed by atoms with Crippen LogP contribution in [0.2, 0.25) is 0 Å². The molecule has 0 bridgehead atoms. The largest absolute Gasteiger partial charge is 0.451 e. The molecule has 0 unspecified atom stereocenters. The number of carbonyl (C=O) groups excluding carboxylic acids is 1. The molecule has 1 N–H and O–H groups in total. The predicted molar refractivity (Wildman–Crippen MR) is 117 cm³/mol. The molecule has 0 radical (unpaired) electrons. The quantitative estimate of drug-likeness (QED) is 0.452. The summed E-state index contributed by atoms with van der Waals surface area (Å²) >= 11 is 0. The van der Waals surface area contributed by atoms with Crippen molar-refractivity contribution < 1.29 is 13.7 Å². The Bertz CT molecular complexity index is 1470. The Morgan fingerprint density at radius 1 is 0.969 bits per heavy atom. The lowest BCUT2D eigenvalue weighted by Crippen LogP contribution is -2.16. The van der Waals surface area contributed by atoms with Crippen molar-refractivity contribution >= 4 is 22.6 Å². The number of amides is 1. The lowest BCUT2D eigenvalue weighted by atomic mass is 10.1. The number of anilines is 1. The molecule has 0 aliphatic heterocycles. The molecule has 0 atom stereocenters. The average molecular weight is 424 g/mol. The monoisotopic (exact) mass is 424 g/mol. The molecule has 5 rings (SSSR count). The summed E-state index contributed by atoms with van der Waals surface area (Å²) in [6, 6.07) is 18.8. The highest BCUT2D eigenvalue weighted by atomic mass is 16.5. The molecule has 0 saturated heterocycles. The summed E-state index contributed by atoms with van der Waals surface area (Å²) in [6.07, 6.45) is 3.62. The van der Waals surface area contributed by atoms with Gasteiger partial charge in [-0.2, -0.15) is 4.98 Å². The summed E-state index contributed by atoms with van der Waals surface area (Å²) in [5.74, 6) is 0.266. The lowest BCUT2D eigenvalue weighted by Gasteiger charge is -2.09. The third-order valence-electron chi connectivity index (χ3n) is 4.87. The van der Waals surface area contributed by atoms with Crippen molar-refractivity contribution in [3.05, 3.63) is 107 Å². The molecule has 8 nitrogen and oxygen atoms in total. The number of rotatable bonds is 5. The molecule has 0 spiro atoms. The van der Waals surface area contributed by atoms with Crippen molar-refractivity contribution in [2.75, 3.05) is 5.32 Å². The van der Waals surface area contributed by atoms with E-state index in [0.29, 0.717) is 34.8 Å². The van der Waals surface area contributed by atoms with Gasteiger partial charge in [0.1, 0.15) is 5.58 Å². The number of carbonyl (C=O) groups is 1. The number of pyridine rings is 1. The minimum absolute atomic E-state index is 0.0683. The fourth-order valence-corrected chi connectivity index (χ4v) is 3.30. The fourth-order valence-electron chi connectivity index (χ4n) is 3.30. The van der Waals surface area contributed by atoms with E-state index >= 15 is 0 Å². The van der Waals surface area contributed by atoms with E-state index < -0.39 is 5.91 Å². The number of benzene rings is 2. The Balaban J connectivity index is 1.39. The van der Waals surface area contributed by atoms with E-state index in [4.69, 9.17) is 8.94 Å². The van der Waals surface area contributed by atoms with Gasteiger partial charge in [0.05, 0.1) is 11.8 Å². The maximum atomic E-state index is 12.8. The zero-order chi connectivity index (χ0) is 21.9. The van der Waals surface area contributed by atoms with Gasteiger partial charge >= 0.3 is 0 Å². The molecular formula is C24H16N4O4. The van der Waals surface area contributed by atoms with Crippen LogP contribution in [-0.2, 0) is 6.42 Å². The highest BCUT2D eigenvalue weighted by Crippen LogP contribution is 2.22. The third-order valence-corrected chi connectivity index (χ3v) is 4.87. The SMILES string of the molecule is O=C(Nc1ccccc1Cc1nc(-c2ccncc2)no1)c1cc(=O)c2ccccc2o1. The van der Waals surface area contributed by atoms with Crippen LogP contribution in [0.5, 0.6) is 0 Å². The topological polar surface area (TPSA) is 111 Å². The number of para-hydroxylation sites is 2. The molecule has 0 aliphatic carbocycles. The minimum atomic E-state index is -0.525. The molecule has 1 amide bonds. The smallest absolute Gasteiger partial charge is 0.291 e. The van der Waals surface area contributed by atoms with Gasteiger partial charge in [-0.15, -0.1) is 0 Å². The van der Waals surface area contributed by atoms with Gasteiger partial charge in [-0.3, -0.25) is 14.6 Å². The maximum absolute atomic E-state index is 12.8. The zero-order valence-corrected chi connectivity index (χ0v) is 16.7. The molecular weight excluding hydrogens is 408 g/mol. The van der Waals surface area contributed by atoms with Crippen LogP contribution in [0.4, 0.5) is 5.69 Å². The van der Waals surface area contributed by atoms with Crippen molar-refractivity contribution in [2.45, 2.75) is 6.42 Å². The molecule has 3 aromatic heterocycles. The van der Waals surface area contributed by atoms with E-state index in [1.54, 1.807) is 60.9 Å². The fraction of sp³-hybridized carbons (Fsp3) is 0.0417. The zero-order valence-electron chi connectivity index (χ0n) is 16.7. The number of hydrogen-bond donors (Lipinski definition) is 1. The predicted octanol–water partition coefficient (Wildman–Crippen LogP) is 4.08. The van der Waals surface area contributed by atoms with Crippen molar-refractivity contribution in [2.24, 2.45) is 0 Å². The first kappa shape index (κ1) is 19.4. The number of fused-ring (bicyclic) bond motifs is 1. The summed E-state index contributed by atoms with van der Waals surface area (Å²) < 4.78 is 11.0.